The average molecular weight is 291 g/mol. The van der Waals surface area contributed by atoms with Crippen LogP contribution in [0.3, 0.4) is 0 Å². The molecule has 0 saturated carbocycles. The fraction of sp³-hybridized carbons (Fsp3) is 0.923. The number of ketones is 1. The summed E-state index contributed by atoms with van der Waals surface area (Å²) in [5, 5.41) is 0. The third kappa shape index (κ3) is 6.01. The molecule has 0 aliphatic carbocycles. The first-order valence-electron chi connectivity index (χ1n) is 7.04. The van der Waals surface area contributed by atoms with E-state index in [9.17, 15) is 13.2 Å². The number of hydrogen-bond donors (Lipinski definition) is 0. The van der Waals surface area contributed by atoms with E-state index in [1.807, 2.05) is 0 Å². The summed E-state index contributed by atoms with van der Waals surface area (Å²) in [5.41, 5.74) is 0. The van der Waals surface area contributed by atoms with Gasteiger partial charge in [-0.2, -0.15) is 0 Å². The molecule has 0 atom stereocenters. The van der Waals surface area contributed by atoms with Crippen LogP contribution in [-0.4, -0.2) is 50.1 Å². The first-order chi connectivity index (χ1) is 8.95. The molecule has 6 heteroatoms. The van der Waals surface area contributed by atoms with Gasteiger partial charge in [-0.25, -0.2) is 12.7 Å². The second-order valence-electron chi connectivity index (χ2n) is 5.13. The number of unbranched alkanes of at least 4 members (excludes halogenated alkanes) is 2. The van der Waals surface area contributed by atoms with Gasteiger partial charge in [0.2, 0.25) is 10.0 Å². The van der Waals surface area contributed by atoms with Crippen molar-refractivity contribution in [2.24, 2.45) is 0 Å². The molecule has 1 aliphatic heterocycles. The summed E-state index contributed by atoms with van der Waals surface area (Å²) in [4.78, 5) is 10.8. The number of ether oxygens (including phenoxy) is 1. The minimum absolute atomic E-state index is 0.00890. The molecule has 1 heterocycles. The fourth-order valence-electron chi connectivity index (χ4n) is 2.18. The van der Waals surface area contributed by atoms with E-state index in [1.165, 1.54) is 6.92 Å². The van der Waals surface area contributed by atoms with Crippen molar-refractivity contribution in [3.05, 3.63) is 0 Å². The van der Waals surface area contributed by atoms with Crippen molar-refractivity contribution in [1.29, 1.82) is 0 Å². The van der Waals surface area contributed by atoms with Crippen LogP contribution in [0.2, 0.25) is 0 Å². The van der Waals surface area contributed by atoms with Gasteiger partial charge in [0, 0.05) is 13.1 Å². The Bertz CT molecular complexity index is 372. The van der Waals surface area contributed by atoms with Crippen LogP contribution in [-0.2, 0) is 19.6 Å². The molecule has 1 saturated heterocycles. The number of rotatable bonds is 8. The molecule has 19 heavy (non-hydrogen) atoms. The Labute approximate surface area is 116 Å². The molecule has 0 spiro atoms. The summed E-state index contributed by atoms with van der Waals surface area (Å²) in [7, 11) is -3.10. The van der Waals surface area contributed by atoms with Crippen LogP contribution in [0.15, 0.2) is 0 Å². The molecule has 0 aromatic carbocycles. The van der Waals surface area contributed by atoms with E-state index >= 15 is 0 Å². The first kappa shape index (κ1) is 16.6. The Balaban J connectivity index is 2.34. The lowest BCUT2D eigenvalue weighted by atomic mass is 10.1. The maximum atomic E-state index is 12.1. The summed E-state index contributed by atoms with van der Waals surface area (Å²) < 4.78 is 31.1. The Morgan fingerprint density at radius 3 is 2.42 bits per heavy atom. The maximum Gasteiger partial charge on any atom is 0.214 e. The number of piperidine rings is 1. The molecule has 0 unspecified atom stereocenters. The third-order valence-electron chi connectivity index (χ3n) is 3.32. The monoisotopic (exact) mass is 291 g/mol. The van der Waals surface area contributed by atoms with Gasteiger partial charge in [-0.3, -0.25) is 4.79 Å². The van der Waals surface area contributed by atoms with Crippen LogP contribution in [0.25, 0.3) is 0 Å². The molecule has 0 aromatic rings. The lowest BCUT2D eigenvalue weighted by Crippen LogP contribution is -2.42. The largest absolute Gasteiger partial charge is 0.370 e. The highest BCUT2D eigenvalue weighted by Crippen LogP contribution is 2.17. The molecule has 0 amide bonds. The van der Waals surface area contributed by atoms with E-state index in [0.717, 1.165) is 19.3 Å². The van der Waals surface area contributed by atoms with Gasteiger partial charge in [-0.05, 0) is 26.2 Å². The zero-order chi connectivity index (χ0) is 14.3. The predicted octanol–water partition coefficient (Wildman–Crippen LogP) is 1.58. The molecule has 0 radical (unpaired) electrons. The summed E-state index contributed by atoms with van der Waals surface area (Å²) in [6.07, 6.45) is 4.10. The molecular weight excluding hydrogens is 266 g/mol. The highest BCUT2D eigenvalue weighted by molar-refractivity contribution is 7.89. The number of carbonyl (C=O) groups is 1. The van der Waals surface area contributed by atoms with Gasteiger partial charge in [0.25, 0.3) is 0 Å². The van der Waals surface area contributed by atoms with Crippen molar-refractivity contribution in [2.45, 2.75) is 52.1 Å². The Kier molecular flexibility index (Phi) is 6.96. The van der Waals surface area contributed by atoms with Crippen molar-refractivity contribution in [1.82, 2.24) is 4.31 Å². The molecule has 1 aliphatic rings. The van der Waals surface area contributed by atoms with Crippen LogP contribution in [0.5, 0.6) is 0 Å². The van der Waals surface area contributed by atoms with E-state index in [2.05, 4.69) is 6.92 Å². The minimum Gasteiger partial charge on any atom is -0.370 e. The second-order valence-corrected chi connectivity index (χ2v) is 7.22. The summed E-state index contributed by atoms with van der Waals surface area (Å²) >= 11 is 0. The van der Waals surface area contributed by atoms with Crippen molar-refractivity contribution in [3.63, 3.8) is 0 Å². The van der Waals surface area contributed by atoms with Crippen molar-refractivity contribution in [2.75, 3.05) is 25.4 Å². The van der Waals surface area contributed by atoms with Crippen LogP contribution in [0.1, 0.15) is 46.0 Å². The van der Waals surface area contributed by atoms with E-state index in [-0.39, 0.29) is 24.2 Å². The third-order valence-corrected chi connectivity index (χ3v) is 5.28. The fourth-order valence-corrected chi connectivity index (χ4v) is 3.77. The highest BCUT2D eigenvalue weighted by atomic mass is 32.2. The number of sulfonamides is 1. The maximum absolute atomic E-state index is 12.1. The zero-order valence-corrected chi connectivity index (χ0v) is 12.7. The second kappa shape index (κ2) is 7.97. The lowest BCUT2D eigenvalue weighted by Gasteiger charge is -2.31. The molecule has 0 N–H and O–H groups in total. The van der Waals surface area contributed by atoms with Gasteiger partial charge in [-0.1, -0.05) is 19.8 Å². The van der Waals surface area contributed by atoms with Crippen molar-refractivity contribution >= 4 is 15.8 Å². The summed E-state index contributed by atoms with van der Waals surface area (Å²) in [5.74, 6) is 0.259. The van der Waals surface area contributed by atoms with E-state index in [4.69, 9.17) is 4.74 Å². The van der Waals surface area contributed by atoms with Gasteiger partial charge < -0.3 is 4.74 Å². The first-order valence-corrected chi connectivity index (χ1v) is 8.65. The molecule has 112 valence electrons. The molecular formula is C13H25NO4S. The van der Waals surface area contributed by atoms with Gasteiger partial charge in [-0.15, -0.1) is 0 Å². The highest BCUT2D eigenvalue weighted by Gasteiger charge is 2.27. The average Bonchev–Trinajstić information content (AvgIpc) is 2.37. The van der Waals surface area contributed by atoms with E-state index in [0.29, 0.717) is 25.9 Å². The predicted molar refractivity (Wildman–Crippen MR) is 74.5 cm³/mol. The van der Waals surface area contributed by atoms with E-state index in [1.54, 1.807) is 4.31 Å². The van der Waals surface area contributed by atoms with Gasteiger partial charge in [0.15, 0.2) is 5.78 Å². The molecule has 1 fully saturated rings. The number of nitrogens with zero attached hydrogens (tertiary/aromatic N) is 1. The quantitative estimate of drug-likeness (QED) is 0.637. The Morgan fingerprint density at radius 1 is 1.26 bits per heavy atom. The normalized spacial score (nSPS) is 18.6. The minimum atomic E-state index is -3.10. The van der Waals surface area contributed by atoms with Crippen LogP contribution in [0, 0.1) is 0 Å². The Morgan fingerprint density at radius 2 is 1.89 bits per heavy atom. The van der Waals surface area contributed by atoms with Crippen LogP contribution in [0.4, 0.5) is 0 Å². The molecule has 0 bridgehead atoms. The summed E-state index contributed by atoms with van der Waals surface area (Å²) in [6, 6.07) is 0. The van der Waals surface area contributed by atoms with Gasteiger partial charge in [0.05, 0.1) is 11.9 Å². The standard InChI is InChI=1S/C13H25NO4S/c1-3-4-5-10-19(16,17)14-8-6-13(7-9-14)18-11-12(2)15/h13H,3-11H2,1-2H3. The smallest absolute Gasteiger partial charge is 0.214 e. The molecule has 1 rings (SSSR count). The van der Waals surface area contributed by atoms with E-state index < -0.39 is 10.0 Å². The van der Waals surface area contributed by atoms with Gasteiger partial charge >= 0.3 is 0 Å². The van der Waals surface area contributed by atoms with Crippen molar-refractivity contribution in [3.8, 4) is 0 Å². The number of Topliss-reactive ketones (excluding diaryl/α,β-unsaturated/α-hetero) is 1. The topological polar surface area (TPSA) is 63.7 Å². The number of hydrogen-bond acceptors (Lipinski definition) is 4. The lowest BCUT2D eigenvalue weighted by molar-refractivity contribution is -0.124. The summed E-state index contributed by atoms with van der Waals surface area (Å²) in [6.45, 7) is 4.71. The van der Waals surface area contributed by atoms with Gasteiger partial charge in [0.1, 0.15) is 6.61 Å². The van der Waals surface area contributed by atoms with Crippen LogP contribution >= 0.6 is 0 Å². The van der Waals surface area contributed by atoms with Crippen molar-refractivity contribution < 1.29 is 17.9 Å². The molecule has 0 aromatic heterocycles. The SMILES string of the molecule is CCCCCS(=O)(=O)N1CCC(OCC(C)=O)CC1. The zero-order valence-electron chi connectivity index (χ0n) is 11.9. The number of carbonyl (C=O) groups excluding carboxylic acids is 1. The molecule has 5 nitrogen and oxygen atoms in total. The van der Waals surface area contributed by atoms with Crippen LogP contribution < -0.4 is 0 Å². The Hall–Kier alpha value is -0.460.